The molecule has 0 aliphatic carbocycles. The molecule has 0 aromatic carbocycles. The van der Waals surface area contributed by atoms with Crippen LogP contribution in [0.1, 0.15) is 27.2 Å². The van der Waals surface area contributed by atoms with Crippen molar-refractivity contribution < 1.29 is 21.6 Å². The number of hydrogen-bond acceptors (Lipinski definition) is 4. The van der Waals surface area contributed by atoms with Crippen LogP contribution in [0.3, 0.4) is 0 Å². The van der Waals surface area contributed by atoms with Gasteiger partial charge in [0.05, 0.1) is 6.04 Å². The maximum atomic E-state index is 12.4. The van der Waals surface area contributed by atoms with E-state index in [1.54, 1.807) is 16.5 Å². The molecule has 0 spiro atoms. The summed E-state index contributed by atoms with van der Waals surface area (Å²) >= 11 is 0. The summed E-state index contributed by atoms with van der Waals surface area (Å²) in [5, 5.41) is 0. The van der Waals surface area contributed by atoms with Crippen molar-refractivity contribution in [2.75, 3.05) is 6.54 Å². The number of amidine groups is 1. The topological polar surface area (TPSA) is 61.8 Å². The Bertz CT molecular complexity index is 580. The Labute approximate surface area is 115 Å². The number of aliphatic imine (C=N–C) groups is 1. The van der Waals surface area contributed by atoms with E-state index < -0.39 is 21.6 Å². The van der Waals surface area contributed by atoms with Crippen LogP contribution >= 0.6 is 0 Å². The van der Waals surface area contributed by atoms with Crippen molar-refractivity contribution >= 4 is 15.9 Å². The SMILES string of the molecule is CC1=N[C@@H](C)C(C)=C2C[C@H](NS(=O)(=O)C(F)(F)F)CN12. The molecule has 0 radical (unpaired) electrons. The first kappa shape index (κ1) is 15.3. The van der Waals surface area contributed by atoms with Crippen LogP contribution in [-0.4, -0.2) is 43.3 Å². The number of sulfonamides is 1. The van der Waals surface area contributed by atoms with Gasteiger partial charge >= 0.3 is 15.5 Å². The zero-order valence-corrected chi connectivity index (χ0v) is 12.1. The van der Waals surface area contributed by atoms with Crippen LogP contribution in [0.15, 0.2) is 16.3 Å². The zero-order valence-electron chi connectivity index (χ0n) is 11.3. The van der Waals surface area contributed by atoms with Gasteiger partial charge in [-0.25, -0.2) is 13.1 Å². The van der Waals surface area contributed by atoms with Gasteiger partial charge < -0.3 is 4.90 Å². The number of fused-ring (bicyclic) bond motifs is 1. The highest BCUT2D eigenvalue weighted by Crippen LogP contribution is 2.32. The summed E-state index contributed by atoms with van der Waals surface area (Å²) in [7, 11) is -5.31. The van der Waals surface area contributed by atoms with Gasteiger partial charge in [0.15, 0.2) is 0 Å². The molecule has 2 aliphatic heterocycles. The highest BCUT2D eigenvalue weighted by Gasteiger charge is 2.48. The molecule has 0 amide bonds. The molecule has 1 saturated heterocycles. The van der Waals surface area contributed by atoms with Gasteiger partial charge in [0, 0.05) is 24.7 Å². The van der Waals surface area contributed by atoms with Gasteiger partial charge in [-0.2, -0.15) is 13.2 Å². The Morgan fingerprint density at radius 2 is 1.95 bits per heavy atom. The van der Waals surface area contributed by atoms with Crippen LogP contribution in [0.5, 0.6) is 0 Å². The Morgan fingerprint density at radius 1 is 1.35 bits per heavy atom. The van der Waals surface area contributed by atoms with Crippen molar-refractivity contribution in [2.24, 2.45) is 4.99 Å². The third-order valence-electron chi connectivity index (χ3n) is 3.65. The van der Waals surface area contributed by atoms with Gasteiger partial charge in [-0.05, 0) is 26.3 Å². The highest BCUT2D eigenvalue weighted by atomic mass is 32.2. The second kappa shape index (κ2) is 4.73. The molecule has 2 aliphatic rings. The summed E-state index contributed by atoms with van der Waals surface area (Å²) in [6, 6.07) is -0.818. The minimum atomic E-state index is -5.31. The molecular weight excluding hydrogens is 295 g/mol. The Morgan fingerprint density at radius 3 is 2.50 bits per heavy atom. The van der Waals surface area contributed by atoms with E-state index in [0.29, 0.717) is 5.84 Å². The molecule has 0 aromatic rings. The van der Waals surface area contributed by atoms with Gasteiger partial charge in [0.1, 0.15) is 5.84 Å². The third-order valence-corrected chi connectivity index (χ3v) is 4.90. The summed E-state index contributed by atoms with van der Waals surface area (Å²) in [5.74, 6) is 0.701. The molecular formula is C11H16F3N3O2S. The van der Waals surface area contributed by atoms with E-state index >= 15 is 0 Å². The lowest BCUT2D eigenvalue weighted by molar-refractivity contribution is -0.0450. The second-order valence-corrected chi connectivity index (χ2v) is 6.77. The predicted octanol–water partition coefficient (Wildman–Crippen LogP) is 1.59. The monoisotopic (exact) mass is 311 g/mol. The number of hydrogen-bond donors (Lipinski definition) is 1. The average Bonchev–Trinajstić information content (AvgIpc) is 2.68. The largest absolute Gasteiger partial charge is 0.511 e. The molecule has 1 fully saturated rings. The summed E-state index contributed by atoms with van der Waals surface area (Å²) < 4.78 is 61.1. The second-order valence-electron chi connectivity index (χ2n) is 5.06. The van der Waals surface area contributed by atoms with E-state index in [4.69, 9.17) is 0 Å². The summed E-state index contributed by atoms with van der Waals surface area (Å²) in [6.07, 6.45) is 0.248. The molecule has 2 rings (SSSR count). The van der Waals surface area contributed by atoms with E-state index in [-0.39, 0.29) is 19.0 Å². The molecule has 0 unspecified atom stereocenters. The van der Waals surface area contributed by atoms with Crippen molar-refractivity contribution in [1.82, 2.24) is 9.62 Å². The highest BCUT2D eigenvalue weighted by molar-refractivity contribution is 7.90. The first-order chi connectivity index (χ1) is 9.03. The number of alkyl halides is 3. The molecule has 114 valence electrons. The number of rotatable bonds is 2. The van der Waals surface area contributed by atoms with Crippen molar-refractivity contribution in [2.45, 2.75) is 44.8 Å². The Kier molecular flexibility index (Phi) is 3.62. The number of nitrogens with zero attached hydrogens (tertiary/aromatic N) is 2. The van der Waals surface area contributed by atoms with Gasteiger partial charge in [0.25, 0.3) is 0 Å². The molecule has 0 bridgehead atoms. The van der Waals surface area contributed by atoms with E-state index in [1.165, 1.54) is 0 Å². The van der Waals surface area contributed by atoms with Crippen LogP contribution in [0, 0.1) is 0 Å². The minimum absolute atomic E-state index is 0.0285. The molecule has 0 saturated carbocycles. The van der Waals surface area contributed by atoms with E-state index in [2.05, 4.69) is 4.99 Å². The van der Waals surface area contributed by atoms with Crippen LogP contribution in [-0.2, 0) is 10.0 Å². The van der Waals surface area contributed by atoms with E-state index in [9.17, 15) is 21.6 Å². The van der Waals surface area contributed by atoms with Crippen LogP contribution in [0.25, 0.3) is 0 Å². The number of halogens is 3. The summed E-state index contributed by atoms with van der Waals surface area (Å²) in [4.78, 5) is 6.15. The van der Waals surface area contributed by atoms with Gasteiger partial charge in [-0.15, -0.1) is 0 Å². The van der Waals surface area contributed by atoms with Gasteiger partial charge in [-0.1, -0.05) is 0 Å². The lowest BCUT2D eigenvalue weighted by atomic mass is 10.0. The quantitative estimate of drug-likeness (QED) is 0.842. The van der Waals surface area contributed by atoms with E-state index in [1.807, 2.05) is 13.8 Å². The van der Waals surface area contributed by atoms with E-state index in [0.717, 1.165) is 11.3 Å². The zero-order chi connectivity index (χ0) is 15.3. The maximum absolute atomic E-state index is 12.4. The minimum Gasteiger partial charge on any atom is -0.332 e. The lowest BCUT2D eigenvalue weighted by Crippen LogP contribution is -2.44. The molecule has 2 heterocycles. The average molecular weight is 311 g/mol. The standard InChI is InChI=1S/C11H16F3N3O2S/c1-6-7(2)15-8(3)17-5-9(4-10(6)17)16-20(18,19)11(12,13)14/h7,9,16H,4-5H2,1-3H3/t7-,9-/m0/s1. The van der Waals surface area contributed by atoms with Crippen LogP contribution in [0.4, 0.5) is 13.2 Å². The van der Waals surface area contributed by atoms with Crippen molar-refractivity contribution in [3.8, 4) is 0 Å². The maximum Gasteiger partial charge on any atom is 0.511 e. The molecule has 0 aromatic heterocycles. The molecule has 1 N–H and O–H groups in total. The van der Waals surface area contributed by atoms with Crippen LogP contribution < -0.4 is 4.72 Å². The summed E-state index contributed by atoms with van der Waals surface area (Å²) in [5.41, 5.74) is -3.46. The fourth-order valence-corrected chi connectivity index (χ4v) is 3.22. The summed E-state index contributed by atoms with van der Waals surface area (Å²) in [6.45, 7) is 5.70. The van der Waals surface area contributed by atoms with Crippen molar-refractivity contribution in [3.63, 3.8) is 0 Å². The molecule has 9 heteroatoms. The van der Waals surface area contributed by atoms with Crippen molar-refractivity contribution in [1.29, 1.82) is 0 Å². The number of nitrogens with one attached hydrogen (secondary N) is 1. The van der Waals surface area contributed by atoms with Crippen LogP contribution in [0.2, 0.25) is 0 Å². The molecule has 20 heavy (non-hydrogen) atoms. The van der Waals surface area contributed by atoms with Gasteiger partial charge in [-0.3, -0.25) is 4.99 Å². The van der Waals surface area contributed by atoms with Crippen molar-refractivity contribution in [3.05, 3.63) is 11.3 Å². The van der Waals surface area contributed by atoms with Gasteiger partial charge in [0.2, 0.25) is 0 Å². The molecule has 2 atom stereocenters. The first-order valence-electron chi connectivity index (χ1n) is 6.13. The first-order valence-corrected chi connectivity index (χ1v) is 7.61. The Hall–Kier alpha value is -1.09. The lowest BCUT2D eigenvalue weighted by Gasteiger charge is -2.28. The normalized spacial score (nSPS) is 27.7. The third kappa shape index (κ3) is 2.56. The smallest absolute Gasteiger partial charge is 0.332 e. The fraction of sp³-hybridized carbons (Fsp3) is 0.727. The molecule has 5 nitrogen and oxygen atoms in total. The Balaban J connectivity index is 2.20. The fourth-order valence-electron chi connectivity index (χ4n) is 2.49. The predicted molar refractivity (Wildman–Crippen MR) is 68.5 cm³/mol.